The zero-order valence-electron chi connectivity index (χ0n) is 10.3. The van der Waals surface area contributed by atoms with Crippen molar-refractivity contribution in [2.45, 2.75) is 6.42 Å². The van der Waals surface area contributed by atoms with Gasteiger partial charge in [-0.25, -0.2) is 5.43 Å². The number of nitrogens with one attached hydrogen (secondary N) is 1. The van der Waals surface area contributed by atoms with Crippen LogP contribution in [0.15, 0.2) is 60.0 Å². The zero-order chi connectivity index (χ0) is 13.1. The third kappa shape index (κ3) is 2.38. The molecule has 1 aliphatic rings. The third-order valence-corrected chi connectivity index (χ3v) is 3.19. The number of pyridine rings is 1. The summed E-state index contributed by atoms with van der Waals surface area (Å²) in [5.41, 5.74) is 5.43. The van der Waals surface area contributed by atoms with Gasteiger partial charge in [0.2, 0.25) is 5.91 Å². The number of hydrogen-bond donors (Lipinski definition) is 1. The molecule has 2 aromatic rings. The lowest BCUT2D eigenvalue weighted by atomic mass is 9.91. The summed E-state index contributed by atoms with van der Waals surface area (Å²) in [6.07, 6.45) is 4.08. The molecule has 94 valence electrons. The Labute approximate surface area is 111 Å². The molecule has 2 heterocycles. The molecule has 1 N–H and O–H groups in total. The highest BCUT2D eigenvalue weighted by Crippen LogP contribution is 2.19. The Morgan fingerprint density at radius 1 is 1.05 bits per heavy atom. The number of benzene rings is 1. The van der Waals surface area contributed by atoms with E-state index in [-0.39, 0.29) is 11.8 Å². The predicted molar refractivity (Wildman–Crippen MR) is 72.6 cm³/mol. The summed E-state index contributed by atoms with van der Waals surface area (Å²) in [5, 5.41) is 4.15. The SMILES string of the molecule is O=C1NN=C(c2ccncc2)C1Cc1ccccc1. The predicted octanol–water partition coefficient (Wildman–Crippen LogP) is 1.77. The van der Waals surface area contributed by atoms with Crippen LogP contribution in [0.2, 0.25) is 0 Å². The molecule has 19 heavy (non-hydrogen) atoms. The lowest BCUT2D eigenvalue weighted by Crippen LogP contribution is -2.25. The van der Waals surface area contributed by atoms with Gasteiger partial charge in [-0.2, -0.15) is 5.10 Å². The molecule has 1 atom stereocenters. The van der Waals surface area contributed by atoms with Gasteiger partial charge in [-0.05, 0) is 24.1 Å². The van der Waals surface area contributed by atoms with Gasteiger partial charge < -0.3 is 0 Å². The first-order chi connectivity index (χ1) is 9.34. The van der Waals surface area contributed by atoms with E-state index in [1.54, 1.807) is 12.4 Å². The maximum atomic E-state index is 11.9. The fraction of sp³-hybridized carbons (Fsp3) is 0.133. The number of rotatable bonds is 3. The largest absolute Gasteiger partial charge is 0.272 e. The Morgan fingerprint density at radius 2 is 1.79 bits per heavy atom. The van der Waals surface area contributed by atoms with Crippen molar-refractivity contribution >= 4 is 11.6 Å². The molecule has 0 fully saturated rings. The molecular weight excluding hydrogens is 238 g/mol. The Balaban J connectivity index is 1.87. The molecule has 0 aliphatic carbocycles. The average molecular weight is 251 g/mol. The van der Waals surface area contributed by atoms with Gasteiger partial charge in [0.25, 0.3) is 0 Å². The Morgan fingerprint density at radius 3 is 2.53 bits per heavy atom. The summed E-state index contributed by atoms with van der Waals surface area (Å²) in [6.45, 7) is 0. The molecule has 1 aliphatic heterocycles. The summed E-state index contributed by atoms with van der Waals surface area (Å²) in [7, 11) is 0. The van der Waals surface area contributed by atoms with E-state index in [0.29, 0.717) is 6.42 Å². The van der Waals surface area contributed by atoms with Gasteiger partial charge in [-0.1, -0.05) is 30.3 Å². The van der Waals surface area contributed by atoms with Crippen LogP contribution in [-0.4, -0.2) is 16.6 Å². The molecule has 4 nitrogen and oxygen atoms in total. The van der Waals surface area contributed by atoms with Gasteiger partial charge >= 0.3 is 0 Å². The molecule has 0 bridgehead atoms. The maximum Gasteiger partial charge on any atom is 0.249 e. The van der Waals surface area contributed by atoms with Gasteiger partial charge in [0.05, 0.1) is 11.6 Å². The number of carbonyl (C=O) groups is 1. The quantitative estimate of drug-likeness (QED) is 0.904. The van der Waals surface area contributed by atoms with Crippen LogP contribution in [0, 0.1) is 5.92 Å². The Bertz CT molecular complexity index is 608. The minimum absolute atomic E-state index is 0.0457. The van der Waals surface area contributed by atoms with E-state index >= 15 is 0 Å². The number of aromatic nitrogens is 1. The van der Waals surface area contributed by atoms with E-state index in [1.807, 2.05) is 42.5 Å². The van der Waals surface area contributed by atoms with E-state index in [2.05, 4.69) is 15.5 Å². The summed E-state index contributed by atoms with van der Waals surface area (Å²) < 4.78 is 0. The molecule has 0 spiro atoms. The molecule has 1 aromatic carbocycles. The van der Waals surface area contributed by atoms with Crippen molar-refractivity contribution in [3.63, 3.8) is 0 Å². The first kappa shape index (κ1) is 11.6. The second-order valence-corrected chi connectivity index (χ2v) is 4.45. The van der Waals surface area contributed by atoms with Crippen LogP contribution in [0.4, 0.5) is 0 Å². The number of hydrogen-bond acceptors (Lipinski definition) is 3. The van der Waals surface area contributed by atoms with Crippen LogP contribution in [0.1, 0.15) is 11.1 Å². The van der Waals surface area contributed by atoms with Gasteiger partial charge in [0, 0.05) is 18.0 Å². The van der Waals surface area contributed by atoms with Crippen LogP contribution in [0.3, 0.4) is 0 Å². The van der Waals surface area contributed by atoms with Crippen molar-refractivity contribution in [3.8, 4) is 0 Å². The molecule has 1 unspecified atom stereocenters. The van der Waals surface area contributed by atoms with Crippen LogP contribution < -0.4 is 5.43 Å². The molecular formula is C15H13N3O. The number of hydrazone groups is 1. The highest BCUT2D eigenvalue weighted by atomic mass is 16.2. The first-order valence-electron chi connectivity index (χ1n) is 6.16. The minimum Gasteiger partial charge on any atom is -0.272 e. The van der Waals surface area contributed by atoms with E-state index in [0.717, 1.165) is 16.8 Å². The van der Waals surface area contributed by atoms with Crippen molar-refractivity contribution < 1.29 is 4.79 Å². The first-order valence-corrected chi connectivity index (χ1v) is 6.16. The summed E-state index contributed by atoms with van der Waals surface area (Å²) >= 11 is 0. The van der Waals surface area contributed by atoms with E-state index in [1.165, 1.54) is 0 Å². The summed E-state index contributed by atoms with van der Waals surface area (Å²) in [4.78, 5) is 15.9. The zero-order valence-corrected chi connectivity index (χ0v) is 10.3. The molecule has 0 saturated heterocycles. The van der Waals surface area contributed by atoms with Crippen LogP contribution in [0.25, 0.3) is 0 Å². The van der Waals surface area contributed by atoms with Crippen molar-refractivity contribution in [2.75, 3.05) is 0 Å². The topological polar surface area (TPSA) is 54.4 Å². The fourth-order valence-electron chi connectivity index (χ4n) is 2.22. The Hall–Kier alpha value is -2.49. The smallest absolute Gasteiger partial charge is 0.249 e. The van der Waals surface area contributed by atoms with E-state index in [4.69, 9.17) is 0 Å². The maximum absolute atomic E-state index is 11.9. The van der Waals surface area contributed by atoms with Crippen molar-refractivity contribution in [3.05, 3.63) is 66.0 Å². The lowest BCUT2D eigenvalue weighted by Gasteiger charge is -2.10. The van der Waals surface area contributed by atoms with Crippen LogP contribution >= 0.6 is 0 Å². The number of carbonyl (C=O) groups excluding carboxylic acids is 1. The molecule has 1 amide bonds. The van der Waals surface area contributed by atoms with Gasteiger partial charge in [0.1, 0.15) is 0 Å². The average Bonchev–Trinajstić information content (AvgIpc) is 2.82. The second-order valence-electron chi connectivity index (χ2n) is 4.45. The molecule has 0 radical (unpaired) electrons. The van der Waals surface area contributed by atoms with Crippen LogP contribution in [0.5, 0.6) is 0 Å². The third-order valence-electron chi connectivity index (χ3n) is 3.19. The Kier molecular flexibility index (Phi) is 3.06. The van der Waals surface area contributed by atoms with Crippen molar-refractivity contribution in [1.82, 2.24) is 10.4 Å². The number of nitrogens with zero attached hydrogens (tertiary/aromatic N) is 2. The van der Waals surface area contributed by atoms with Gasteiger partial charge in [0.15, 0.2) is 0 Å². The summed E-state index contributed by atoms with van der Waals surface area (Å²) in [5.74, 6) is -0.277. The van der Waals surface area contributed by atoms with E-state index in [9.17, 15) is 4.79 Å². The van der Waals surface area contributed by atoms with E-state index < -0.39 is 0 Å². The molecule has 0 saturated carbocycles. The number of amides is 1. The standard InChI is InChI=1S/C15H13N3O/c19-15-13(10-11-4-2-1-3-5-11)14(17-18-15)12-6-8-16-9-7-12/h1-9,13H,10H2,(H,18,19). The highest BCUT2D eigenvalue weighted by Gasteiger charge is 2.30. The fourth-order valence-corrected chi connectivity index (χ4v) is 2.22. The lowest BCUT2D eigenvalue weighted by molar-refractivity contribution is -0.122. The van der Waals surface area contributed by atoms with Gasteiger partial charge in [-0.3, -0.25) is 9.78 Å². The highest BCUT2D eigenvalue weighted by molar-refractivity contribution is 6.16. The molecule has 3 rings (SSSR count). The second kappa shape index (κ2) is 5.02. The van der Waals surface area contributed by atoms with Crippen molar-refractivity contribution in [1.29, 1.82) is 0 Å². The van der Waals surface area contributed by atoms with Crippen LogP contribution in [-0.2, 0) is 11.2 Å². The normalized spacial score (nSPS) is 18.0. The minimum atomic E-state index is -0.232. The molecule has 1 aromatic heterocycles. The summed E-state index contributed by atoms with van der Waals surface area (Å²) in [6, 6.07) is 13.7. The monoisotopic (exact) mass is 251 g/mol. The van der Waals surface area contributed by atoms with Crippen molar-refractivity contribution in [2.24, 2.45) is 11.0 Å². The van der Waals surface area contributed by atoms with Gasteiger partial charge in [-0.15, -0.1) is 0 Å². The molecule has 4 heteroatoms.